The van der Waals surface area contributed by atoms with Crippen molar-refractivity contribution in [3.05, 3.63) is 0 Å². The Bertz CT molecular complexity index is 186. The van der Waals surface area contributed by atoms with Gasteiger partial charge in [-0.1, -0.05) is 0 Å². The Kier molecular flexibility index (Phi) is 5.73. The van der Waals surface area contributed by atoms with E-state index in [2.05, 4.69) is 31.1 Å². The fourth-order valence-corrected chi connectivity index (χ4v) is 2.06. The number of piperidine rings is 1. The molecule has 1 rings (SSSR count). The van der Waals surface area contributed by atoms with Crippen molar-refractivity contribution in [3.8, 4) is 0 Å². The molecular formula is C13H28N2O. The Morgan fingerprint density at radius 1 is 1.31 bits per heavy atom. The quantitative estimate of drug-likeness (QED) is 0.701. The van der Waals surface area contributed by atoms with Gasteiger partial charge < -0.3 is 15.0 Å². The van der Waals surface area contributed by atoms with Gasteiger partial charge in [-0.15, -0.1) is 0 Å². The maximum atomic E-state index is 5.40. The number of ether oxygens (including phenoxy) is 1. The van der Waals surface area contributed by atoms with E-state index in [4.69, 9.17) is 4.74 Å². The van der Waals surface area contributed by atoms with Crippen molar-refractivity contribution < 1.29 is 4.74 Å². The average molecular weight is 228 g/mol. The Balaban J connectivity index is 2.03. The first-order chi connectivity index (χ1) is 7.53. The second kappa shape index (κ2) is 6.58. The lowest BCUT2D eigenvalue weighted by Crippen LogP contribution is -2.36. The molecule has 3 heteroatoms. The summed E-state index contributed by atoms with van der Waals surface area (Å²) in [6, 6.07) is 0. The smallest absolute Gasteiger partial charge is 0.0634 e. The molecule has 0 aromatic carbocycles. The van der Waals surface area contributed by atoms with Gasteiger partial charge in [0.1, 0.15) is 0 Å². The summed E-state index contributed by atoms with van der Waals surface area (Å²) in [6.45, 7) is 9.04. The molecule has 0 saturated carbocycles. The number of nitrogens with zero attached hydrogens (tertiary/aromatic N) is 1. The van der Waals surface area contributed by atoms with Crippen LogP contribution in [-0.4, -0.2) is 50.8 Å². The van der Waals surface area contributed by atoms with Crippen LogP contribution in [0.4, 0.5) is 0 Å². The summed E-state index contributed by atoms with van der Waals surface area (Å²) in [4.78, 5) is 2.42. The van der Waals surface area contributed by atoms with Gasteiger partial charge in [-0.2, -0.15) is 0 Å². The van der Waals surface area contributed by atoms with Crippen LogP contribution in [0.5, 0.6) is 0 Å². The SMILES string of the molecule is COC(C)(C)CCNCC1CCN(C)CC1. The Labute approximate surface area is 101 Å². The highest BCUT2D eigenvalue weighted by molar-refractivity contribution is 4.73. The van der Waals surface area contributed by atoms with Crippen molar-refractivity contribution in [3.63, 3.8) is 0 Å². The van der Waals surface area contributed by atoms with Crippen LogP contribution >= 0.6 is 0 Å². The molecule has 96 valence electrons. The molecule has 1 aliphatic rings. The highest BCUT2D eigenvalue weighted by atomic mass is 16.5. The molecule has 0 atom stereocenters. The highest BCUT2D eigenvalue weighted by Crippen LogP contribution is 2.15. The van der Waals surface area contributed by atoms with Gasteiger partial charge in [0.15, 0.2) is 0 Å². The van der Waals surface area contributed by atoms with Crippen LogP contribution in [0.3, 0.4) is 0 Å². The molecule has 1 saturated heterocycles. The highest BCUT2D eigenvalue weighted by Gasteiger charge is 2.18. The van der Waals surface area contributed by atoms with Crippen LogP contribution in [0.1, 0.15) is 33.1 Å². The first-order valence-electron chi connectivity index (χ1n) is 6.48. The first kappa shape index (κ1) is 13.9. The minimum absolute atomic E-state index is 0.0137. The number of methoxy groups -OCH3 is 1. The lowest BCUT2D eigenvalue weighted by Gasteiger charge is -2.29. The molecule has 0 unspecified atom stereocenters. The molecule has 0 bridgehead atoms. The van der Waals surface area contributed by atoms with E-state index >= 15 is 0 Å². The van der Waals surface area contributed by atoms with E-state index in [1.807, 2.05) is 0 Å². The summed E-state index contributed by atoms with van der Waals surface area (Å²) in [6.07, 6.45) is 3.77. The van der Waals surface area contributed by atoms with Crippen LogP contribution in [0.2, 0.25) is 0 Å². The number of hydrogen-bond donors (Lipinski definition) is 1. The summed E-state index contributed by atoms with van der Waals surface area (Å²) in [5, 5.41) is 3.56. The molecule has 16 heavy (non-hydrogen) atoms. The summed E-state index contributed by atoms with van der Waals surface area (Å²) in [5.74, 6) is 0.877. The Morgan fingerprint density at radius 2 is 1.94 bits per heavy atom. The van der Waals surface area contributed by atoms with Crippen molar-refractivity contribution in [1.29, 1.82) is 0 Å². The van der Waals surface area contributed by atoms with Gasteiger partial charge >= 0.3 is 0 Å². The standard InChI is InChI=1S/C13H28N2O/c1-13(2,16-4)7-8-14-11-12-5-9-15(3)10-6-12/h12,14H,5-11H2,1-4H3. The van der Waals surface area contributed by atoms with Crippen LogP contribution < -0.4 is 5.32 Å². The van der Waals surface area contributed by atoms with Crippen LogP contribution in [0.15, 0.2) is 0 Å². The van der Waals surface area contributed by atoms with E-state index < -0.39 is 0 Å². The molecule has 1 heterocycles. The van der Waals surface area contributed by atoms with Gasteiger partial charge in [0, 0.05) is 7.11 Å². The first-order valence-corrected chi connectivity index (χ1v) is 6.48. The summed E-state index contributed by atoms with van der Waals surface area (Å²) in [5.41, 5.74) is 0.0137. The lowest BCUT2D eigenvalue weighted by atomic mass is 9.97. The molecule has 0 aromatic heterocycles. The molecule has 0 amide bonds. The zero-order valence-corrected chi connectivity index (χ0v) is 11.4. The normalized spacial score (nSPS) is 20.2. The zero-order chi connectivity index (χ0) is 12.0. The van der Waals surface area contributed by atoms with E-state index in [0.29, 0.717) is 0 Å². The van der Waals surface area contributed by atoms with Gasteiger partial charge in [-0.05, 0) is 72.3 Å². The predicted molar refractivity (Wildman–Crippen MR) is 68.8 cm³/mol. The molecule has 1 N–H and O–H groups in total. The minimum atomic E-state index is 0.0137. The molecule has 1 aliphatic heterocycles. The Morgan fingerprint density at radius 3 is 2.50 bits per heavy atom. The molecule has 0 radical (unpaired) electrons. The maximum Gasteiger partial charge on any atom is 0.0634 e. The fourth-order valence-electron chi connectivity index (χ4n) is 2.06. The fraction of sp³-hybridized carbons (Fsp3) is 1.00. The Hall–Kier alpha value is -0.120. The molecule has 0 aliphatic carbocycles. The summed E-state index contributed by atoms with van der Waals surface area (Å²) >= 11 is 0. The monoisotopic (exact) mass is 228 g/mol. The molecule has 0 aromatic rings. The number of rotatable bonds is 6. The third kappa shape index (κ3) is 5.28. The second-order valence-corrected chi connectivity index (χ2v) is 5.66. The molecule has 3 nitrogen and oxygen atoms in total. The van der Waals surface area contributed by atoms with E-state index in [-0.39, 0.29) is 5.60 Å². The largest absolute Gasteiger partial charge is 0.379 e. The average Bonchev–Trinajstić information content (AvgIpc) is 2.27. The third-order valence-electron chi connectivity index (χ3n) is 3.73. The van der Waals surface area contributed by atoms with Gasteiger partial charge in [0.25, 0.3) is 0 Å². The van der Waals surface area contributed by atoms with E-state index in [0.717, 1.165) is 18.9 Å². The third-order valence-corrected chi connectivity index (χ3v) is 3.73. The van der Waals surface area contributed by atoms with Gasteiger partial charge in [0.2, 0.25) is 0 Å². The van der Waals surface area contributed by atoms with E-state index in [1.54, 1.807) is 7.11 Å². The predicted octanol–water partition coefficient (Wildman–Crippen LogP) is 1.73. The second-order valence-electron chi connectivity index (χ2n) is 5.66. The van der Waals surface area contributed by atoms with Crippen LogP contribution in [0.25, 0.3) is 0 Å². The van der Waals surface area contributed by atoms with Crippen molar-refractivity contribution in [1.82, 2.24) is 10.2 Å². The van der Waals surface area contributed by atoms with Crippen molar-refractivity contribution in [2.75, 3.05) is 40.3 Å². The number of hydrogen-bond acceptors (Lipinski definition) is 3. The van der Waals surface area contributed by atoms with Crippen molar-refractivity contribution in [2.24, 2.45) is 5.92 Å². The van der Waals surface area contributed by atoms with Crippen LogP contribution in [-0.2, 0) is 4.74 Å². The maximum absolute atomic E-state index is 5.40. The van der Waals surface area contributed by atoms with E-state index in [1.165, 1.54) is 32.5 Å². The minimum Gasteiger partial charge on any atom is -0.379 e. The number of likely N-dealkylation sites (tertiary alicyclic amines) is 1. The van der Waals surface area contributed by atoms with Crippen molar-refractivity contribution in [2.45, 2.75) is 38.7 Å². The van der Waals surface area contributed by atoms with Gasteiger partial charge in [-0.25, -0.2) is 0 Å². The zero-order valence-electron chi connectivity index (χ0n) is 11.4. The lowest BCUT2D eigenvalue weighted by molar-refractivity contribution is 0.0156. The van der Waals surface area contributed by atoms with Gasteiger partial charge in [-0.3, -0.25) is 0 Å². The molecular weight excluding hydrogens is 200 g/mol. The summed E-state index contributed by atoms with van der Waals surface area (Å²) in [7, 11) is 4.00. The van der Waals surface area contributed by atoms with Crippen LogP contribution in [0, 0.1) is 5.92 Å². The van der Waals surface area contributed by atoms with Crippen molar-refractivity contribution >= 4 is 0 Å². The summed E-state index contributed by atoms with van der Waals surface area (Å²) < 4.78 is 5.40. The molecule has 1 fully saturated rings. The molecule has 0 spiro atoms. The van der Waals surface area contributed by atoms with Gasteiger partial charge in [0.05, 0.1) is 5.60 Å². The van der Waals surface area contributed by atoms with E-state index in [9.17, 15) is 0 Å². The topological polar surface area (TPSA) is 24.5 Å². The number of nitrogens with one attached hydrogen (secondary N) is 1.